The summed E-state index contributed by atoms with van der Waals surface area (Å²) in [6.45, 7) is 5.85. The summed E-state index contributed by atoms with van der Waals surface area (Å²) in [6.07, 6.45) is 2.64. The number of amides is 1. The van der Waals surface area contributed by atoms with Gasteiger partial charge in [0.1, 0.15) is 5.69 Å². The number of anilines is 1. The van der Waals surface area contributed by atoms with E-state index in [0.29, 0.717) is 15.9 Å². The lowest BCUT2D eigenvalue weighted by Crippen LogP contribution is -2.41. The van der Waals surface area contributed by atoms with Crippen LogP contribution in [-0.4, -0.2) is 26.3 Å². The van der Waals surface area contributed by atoms with Gasteiger partial charge in [0, 0.05) is 17.0 Å². The molecule has 0 saturated carbocycles. The molecule has 0 aromatic carbocycles. The van der Waals surface area contributed by atoms with Crippen molar-refractivity contribution in [2.24, 2.45) is 16.6 Å². The van der Waals surface area contributed by atoms with Crippen LogP contribution in [0.5, 0.6) is 0 Å². The highest BCUT2D eigenvalue weighted by Gasteiger charge is 2.42. The monoisotopic (exact) mass is 407 g/mol. The van der Waals surface area contributed by atoms with Gasteiger partial charge in [-0.05, 0) is 31.0 Å². The zero-order valence-corrected chi connectivity index (χ0v) is 16.6. The first-order valence-corrected chi connectivity index (χ1v) is 9.57. The first-order chi connectivity index (χ1) is 12.7. The average molecular weight is 408 g/mol. The van der Waals surface area contributed by atoms with Gasteiger partial charge in [0.25, 0.3) is 5.91 Å². The maximum Gasteiger partial charge on any atom is 0.274 e. The zero-order valence-electron chi connectivity index (χ0n) is 15.0. The third-order valence-corrected chi connectivity index (χ3v) is 6.18. The Kier molecular flexibility index (Phi) is 5.39. The fourth-order valence-corrected chi connectivity index (χ4v) is 4.19. The predicted molar refractivity (Wildman–Crippen MR) is 107 cm³/mol. The standard InChI is InChI=1S/C18H19ClFN5OS/c1-9-10(2)27-17(21)25-18(9,3)13-6-12(8-23-15(13)20)24-16(26)14-5-4-11(19)7-22-14/h4-10H,1-3H3,(H2,21,25)(H,24,26)/t9-,10?,18+/m1/s1. The molecule has 1 unspecified atom stereocenters. The minimum atomic E-state index is -0.884. The number of thioether (sulfide) groups is 1. The van der Waals surface area contributed by atoms with Crippen LogP contribution in [0.4, 0.5) is 10.1 Å². The van der Waals surface area contributed by atoms with Crippen LogP contribution in [0.1, 0.15) is 36.8 Å². The Morgan fingerprint density at radius 1 is 1.33 bits per heavy atom. The molecule has 1 aliphatic heterocycles. The summed E-state index contributed by atoms with van der Waals surface area (Å²) in [5, 5.41) is 3.67. The molecule has 9 heteroatoms. The van der Waals surface area contributed by atoms with Crippen LogP contribution in [-0.2, 0) is 5.54 Å². The third kappa shape index (κ3) is 3.91. The molecule has 1 amide bonds. The van der Waals surface area contributed by atoms with Crippen LogP contribution in [0.2, 0.25) is 5.02 Å². The molecule has 1 aliphatic rings. The topological polar surface area (TPSA) is 93.3 Å². The molecule has 0 radical (unpaired) electrons. The van der Waals surface area contributed by atoms with E-state index in [2.05, 4.69) is 20.3 Å². The van der Waals surface area contributed by atoms with Gasteiger partial charge in [0.05, 0.1) is 22.4 Å². The molecule has 3 rings (SSSR count). The second kappa shape index (κ2) is 7.44. The number of aliphatic imine (C=N–C) groups is 1. The van der Waals surface area contributed by atoms with Crippen LogP contribution >= 0.6 is 23.4 Å². The zero-order chi connectivity index (χ0) is 19.8. The molecule has 0 spiro atoms. The second-order valence-corrected chi connectivity index (χ2v) is 8.42. The van der Waals surface area contributed by atoms with E-state index in [1.165, 1.54) is 30.2 Å². The van der Waals surface area contributed by atoms with Crippen LogP contribution in [0, 0.1) is 11.9 Å². The van der Waals surface area contributed by atoms with Gasteiger partial charge in [-0.25, -0.2) is 9.97 Å². The lowest BCUT2D eigenvalue weighted by Gasteiger charge is -2.39. The van der Waals surface area contributed by atoms with Crippen LogP contribution < -0.4 is 11.1 Å². The largest absolute Gasteiger partial charge is 0.379 e. The minimum Gasteiger partial charge on any atom is -0.379 e. The van der Waals surface area contributed by atoms with Gasteiger partial charge in [-0.2, -0.15) is 4.39 Å². The normalized spacial score (nSPS) is 25.0. The van der Waals surface area contributed by atoms with Gasteiger partial charge >= 0.3 is 0 Å². The van der Waals surface area contributed by atoms with Crippen LogP contribution in [0.15, 0.2) is 35.6 Å². The summed E-state index contributed by atoms with van der Waals surface area (Å²) in [5.74, 6) is -1.07. The van der Waals surface area contributed by atoms with Crippen molar-refractivity contribution in [1.82, 2.24) is 9.97 Å². The molecule has 27 heavy (non-hydrogen) atoms. The maximum absolute atomic E-state index is 14.6. The molecule has 2 aromatic rings. The van der Waals surface area contributed by atoms with E-state index in [1.54, 1.807) is 12.1 Å². The number of nitrogens with one attached hydrogen (secondary N) is 1. The van der Waals surface area contributed by atoms with Gasteiger partial charge < -0.3 is 11.1 Å². The number of halogens is 2. The number of rotatable bonds is 3. The van der Waals surface area contributed by atoms with Crippen molar-refractivity contribution in [3.05, 3.63) is 52.8 Å². The Labute approximate surface area is 165 Å². The summed E-state index contributed by atoms with van der Waals surface area (Å²) in [4.78, 5) is 24.6. The number of hydrogen-bond donors (Lipinski definition) is 2. The van der Waals surface area contributed by atoms with E-state index in [4.69, 9.17) is 17.3 Å². The molecular weight excluding hydrogens is 389 g/mol. The van der Waals surface area contributed by atoms with Gasteiger partial charge in [-0.3, -0.25) is 9.79 Å². The lowest BCUT2D eigenvalue weighted by molar-refractivity contribution is 0.102. The van der Waals surface area contributed by atoms with Crippen LogP contribution in [0.3, 0.4) is 0 Å². The van der Waals surface area contributed by atoms with E-state index >= 15 is 0 Å². The van der Waals surface area contributed by atoms with E-state index in [1.807, 2.05) is 20.8 Å². The van der Waals surface area contributed by atoms with E-state index in [9.17, 15) is 9.18 Å². The van der Waals surface area contributed by atoms with Gasteiger partial charge in [-0.1, -0.05) is 37.2 Å². The number of hydrogen-bond acceptors (Lipinski definition) is 6. The van der Waals surface area contributed by atoms with Crippen molar-refractivity contribution in [3.8, 4) is 0 Å². The predicted octanol–water partition coefficient (Wildman–Crippen LogP) is 3.82. The summed E-state index contributed by atoms with van der Waals surface area (Å²) >= 11 is 7.24. The third-order valence-electron chi connectivity index (χ3n) is 4.84. The molecule has 3 atom stereocenters. The molecular formula is C18H19ClFN5OS. The number of pyridine rings is 2. The number of amidine groups is 1. The molecule has 3 heterocycles. The summed E-state index contributed by atoms with van der Waals surface area (Å²) in [6, 6.07) is 4.62. The van der Waals surface area contributed by atoms with Gasteiger partial charge in [-0.15, -0.1) is 0 Å². The Morgan fingerprint density at radius 3 is 2.74 bits per heavy atom. The number of carbonyl (C=O) groups is 1. The Hall–Kier alpha value is -2.19. The highest BCUT2D eigenvalue weighted by Crippen LogP contribution is 2.44. The summed E-state index contributed by atoms with van der Waals surface area (Å²) in [7, 11) is 0. The van der Waals surface area contributed by atoms with Gasteiger partial charge in [0.15, 0.2) is 5.17 Å². The molecule has 6 nitrogen and oxygen atoms in total. The average Bonchev–Trinajstić information content (AvgIpc) is 2.61. The first-order valence-electron chi connectivity index (χ1n) is 8.31. The fraction of sp³-hybridized carbons (Fsp3) is 0.333. The Balaban J connectivity index is 1.94. The van der Waals surface area contributed by atoms with Crippen molar-refractivity contribution >= 4 is 40.1 Å². The SMILES string of the molecule is CC1SC(N)=N[C@](C)(c2cc(NC(=O)c3ccc(Cl)cn3)cnc2F)[C@@H]1C. The fourth-order valence-electron chi connectivity index (χ4n) is 2.99. The van der Waals surface area contributed by atoms with E-state index in [-0.39, 0.29) is 22.4 Å². The molecule has 0 fully saturated rings. The Morgan fingerprint density at radius 2 is 2.07 bits per heavy atom. The van der Waals surface area contributed by atoms with Crippen molar-refractivity contribution < 1.29 is 9.18 Å². The van der Waals surface area contributed by atoms with Crippen molar-refractivity contribution in [1.29, 1.82) is 0 Å². The van der Waals surface area contributed by atoms with E-state index in [0.717, 1.165) is 0 Å². The maximum atomic E-state index is 14.6. The first kappa shape index (κ1) is 19.6. The molecule has 3 N–H and O–H groups in total. The number of nitrogens with zero attached hydrogens (tertiary/aromatic N) is 3. The highest BCUT2D eigenvalue weighted by atomic mass is 35.5. The number of nitrogens with two attached hydrogens (primary N) is 1. The van der Waals surface area contributed by atoms with Crippen molar-refractivity contribution in [3.63, 3.8) is 0 Å². The molecule has 2 aromatic heterocycles. The summed E-state index contributed by atoms with van der Waals surface area (Å²) < 4.78 is 14.6. The second-order valence-electron chi connectivity index (χ2n) is 6.59. The van der Waals surface area contributed by atoms with E-state index < -0.39 is 17.4 Å². The molecule has 0 bridgehead atoms. The number of aromatic nitrogens is 2. The molecule has 142 valence electrons. The smallest absolute Gasteiger partial charge is 0.274 e. The minimum absolute atomic E-state index is 0.00924. The summed E-state index contributed by atoms with van der Waals surface area (Å²) in [5.41, 5.74) is 5.88. The highest BCUT2D eigenvalue weighted by molar-refractivity contribution is 8.14. The molecule has 0 aliphatic carbocycles. The van der Waals surface area contributed by atoms with Crippen molar-refractivity contribution in [2.75, 3.05) is 5.32 Å². The van der Waals surface area contributed by atoms with Crippen LogP contribution in [0.25, 0.3) is 0 Å². The van der Waals surface area contributed by atoms with Crippen molar-refractivity contribution in [2.45, 2.75) is 31.6 Å². The lowest BCUT2D eigenvalue weighted by atomic mass is 9.79. The molecule has 0 saturated heterocycles. The quantitative estimate of drug-likeness (QED) is 0.754. The van der Waals surface area contributed by atoms with Gasteiger partial charge in [0.2, 0.25) is 5.95 Å². The Bertz CT molecular complexity index is 907. The number of carbonyl (C=O) groups excluding carboxylic acids is 1.